The van der Waals surface area contributed by atoms with Crippen LogP contribution in [0, 0.1) is 6.92 Å². The number of thioether (sulfide) groups is 1. The van der Waals surface area contributed by atoms with Gasteiger partial charge in [-0.3, -0.25) is 9.59 Å². The predicted octanol–water partition coefficient (Wildman–Crippen LogP) is 3.41. The Balaban J connectivity index is 1.42. The average Bonchev–Trinajstić information content (AvgIpc) is 2.78. The lowest BCUT2D eigenvalue weighted by molar-refractivity contribution is -0.130. The molecule has 0 aliphatic carbocycles. The molecule has 2 aromatic rings. The SMILES string of the molecule is COc1ccc(N2CCN(C(=O)[C@H](C)SCC(=O)Nc3ccc(C)cc3)CC2)cc1. The zero-order valence-corrected chi connectivity index (χ0v) is 18.6. The monoisotopic (exact) mass is 427 g/mol. The number of anilines is 2. The van der Waals surface area contributed by atoms with Gasteiger partial charge >= 0.3 is 0 Å². The first kappa shape index (κ1) is 22.0. The summed E-state index contributed by atoms with van der Waals surface area (Å²) >= 11 is 1.38. The molecule has 0 aromatic heterocycles. The number of carbonyl (C=O) groups excluding carboxylic acids is 2. The standard InChI is InChI=1S/C23H29N3O3S/c1-17-4-6-19(7-5-17)24-22(27)16-30-18(2)23(28)26-14-12-25(13-15-26)20-8-10-21(29-3)11-9-20/h4-11,18H,12-16H2,1-3H3,(H,24,27)/t18-/m0/s1. The van der Waals surface area contributed by atoms with Gasteiger partial charge in [0.25, 0.3) is 0 Å². The topological polar surface area (TPSA) is 61.9 Å². The maximum Gasteiger partial charge on any atom is 0.235 e. The van der Waals surface area contributed by atoms with Crippen LogP contribution in [0.2, 0.25) is 0 Å². The molecule has 1 atom stereocenters. The summed E-state index contributed by atoms with van der Waals surface area (Å²) < 4.78 is 5.21. The molecule has 1 heterocycles. The van der Waals surface area contributed by atoms with Gasteiger partial charge in [-0.05, 0) is 50.2 Å². The highest BCUT2D eigenvalue weighted by Crippen LogP contribution is 2.22. The van der Waals surface area contributed by atoms with Crippen LogP contribution in [-0.4, -0.2) is 61.0 Å². The number of hydrogen-bond donors (Lipinski definition) is 1. The Bertz CT molecular complexity index is 847. The third kappa shape index (κ3) is 5.92. The second-order valence-electron chi connectivity index (χ2n) is 7.38. The number of amides is 2. The molecule has 1 aliphatic rings. The van der Waals surface area contributed by atoms with Crippen LogP contribution in [0.4, 0.5) is 11.4 Å². The zero-order valence-electron chi connectivity index (χ0n) is 17.8. The first-order chi connectivity index (χ1) is 14.5. The molecule has 3 rings (SSSR count). The first-order valence-corrected chi connectivity index (χ1v) is 11.2. The Labute approximate surface area is 182 Å². The van der Waals surface area contributed by atoms with Crippen molar-refractivity contribution >= 4 is 35.0 Å². The van der Waals surface area contributed by atoms with E-state index in [1.165, 1.54) is 11.8 Å². The molecule has 2 aromatic carbocycles. The van der Waals surface area contributed by atoms with E-state index in [0.717, 1.165) is 35.8 Å². The maximum atomic E-state index is 12.8. The minimum atomic E-state index is -0.249. The van der Waals surface area contributed by atoms with Gasteiger partial charge in [0.05, 0.1) is 18.1 Å². The number of hydrogen-bond acceptors (Lipinski definition) is 5. The second-order valence-corrected chi connectivity index (χ2v) is 8.71. The Morgan fingerprint density at radius 2 is 1.67 bits per heavy atom. The van der Waals surface area contributed by atoms with Crippen LogP contribution < -0.4 is 15.0 Å². The van der Waals surface area contributed by atoms with Crippen LogP contribution in [0.1, 0.15) is 12.5 Å². The lowest BCUT2D eigenvalue weighted by Crippen LogP contribution is -2.50. The van der Waals surface area contributed by atoms with Crippen molar-refractivity contribution < 1.29 is 14.3 Å². The van der Waals surface area contributed by atoms with Crippen LogP contribution >= 0.6 is 11.8 Å². The third-order valence-corrected chi connectivity index (χ3v) is 6.31. The van der Waals surface area contributed by atoms with E-state index in [1.54, 1.807) is 7.11 Å². The van der Waals surface area contributed by atoms with E-state index in [2.05, 4.69) is 10.2 Å². The van der Waals surface area contributed by atoms with E-state index in [4.69, 9.17) is 4.74 Å². The van der Waals surface area contributed by atoms with Crippen molar-refractivity contribution in [1.29, 1.82) is 0 Å². The van der Waals surface area contributed by atoms with Crippen LogP contribution in [-0.2, 0) is 9.59 Å². The number of nitrogens with one attached hydrogen (secondary N) is 1. The van der Waals surface area contributed by atoms with Crippen molar-refractivity contribution in [3.05, 3.63) is 54.1 Å². The van der Waals surface area contributed by atoms with Gasteiger partial charge in [0.15, 0.2) is 0 Å². The van der Waals surface area contributed by atoms with Crippen molar-refractivity contribution in [2.45, 2.75) is 19.1 Å². The minimum Gasteiger partial charge on any atom is -0.497 e. The fourth-order valence-corrected chi connectivity index (χ4v) is 4.11. The fourth-order valence-electron chi connectivity index (χ4n) is 3.34. The summed E-state index contributed by atoms with van der Waals surface area (Å²) in [5.41, 5.74) is 3.06. The van der Waals surface area contributed by atoms with Crippen molar-refractivity contribution in [2.24, 2.45) is 0 Å². The molecular formula is C23H29N3O3S. The second kappa shape index (κ2) is 10.4. The molecule has 7 heteroatoms. The van der Waals surface area contributed by atoms with E-state index in [0.29, 0.717) is 13.1 Å². The molecule has 0 bridgehead atoms. The molecule has 0 saturated carbocycles. The summed E-state index contributed by atoms with van der Waals surface area (Å²) in [5, 5.41) is 2.63. The normalized spacial score (nSPS) is 14.9. The Kier molecular flexibility index (Phi) is 7.63. The number of rotatable bonds is 7. The molecule has 0 spiro atoms. The molecule has 1 saturated heterocycles. The highest BCUT2D eigenvalue weighted by molar-refractivity contribution is 8.01. The number of aryl methyl sites for hydroxylation is 1. The summed E-state index contributed by atoms with van der Waals surface area (Å²) in [6, 6.07) is 15.7. The number of piperazine rings is 1. The number of carbonyl (C=O) groups is 2. The van der Waals surface area contributed by atoms with E-state index in [9.17, 15) is 9.59 Å². The van der Waals surface area contributed by atoms with Crippen LogP contribution in [0.3, 0.4) is 0 Å². The highest BCUT2D eigenvalue weighted by Gasteiger charge is 2.25. The summed E-state index contributed by atoms with van der Waals surface area (Å²) in [6.07, 6.45) is 0. The number of benzene rings is 2. The van der Waals surface area contributed by atoms with Gasteiger partial charge in [-0.2, -0.15) is 0 Å². The molecule has 30 heavy (non-hydrogen) atoms. The predicted molar refractivity (Wildman–Crippen MR) is 124 cm³/mol. The van der Waals surface area contributed by atoms with Gasteiger partial charge in [0.1, 0.15) is 5.75 Å². The summed E-state index contributed by atoms with van der Waals surface area (Å²) in [7, 11) is 1.66. The molecule has 0 unspecified atom stereocenters. The van der Waals surface area contributed by atoms with Gasteiger partial charge in [0, 0.05) is 37.6 Å². The number of nitrogens with zero attached hydrogens (tertiary/aromatic N) is 2. The Morgan fingerprint density at radius 3 is 2.27 bits per heavy atom. The quantitative estimate of drug-likeness (QED) is 0.734. The van der Waals surface area contributed by atoms with Gasteiger partial charge in [-0.1, -0.05) is 17.7 Å². The molecule has 0 radical (unpaired) electrons. The van der Waals surface area contributed by atoms with Crippen LogP contribution in [0.25, 0.3) is 0 Å². The van der Waals surface area contributed by atoms with E-state index in [1.807, 2.05) is 67.3 Å². The molecule has 2 amide bonds. The van der Waals surface area contributed by atoms with Gasteiger partial charge in [-0.15, -0.1) is 11.8 Å². The molecule has 1 N–H and O–H groups in total. The smallest absolute Gasteiger partial charge is 0.235 e. The molecule has 160 valence electrons. The Hall–Kier alpha value is -2.67. The molecular weight excluding hydrogens is 398 g/mol. The van der Waals surface area contributed by atoms with E-state index in [-0.39, 0.29) is 22.8 Å². The van der Waals surface area contributed by atoms with Crippen LogP contribution in [0.5, 0.6) is 5.75 Å². The third-order valence-electron chi connectivity index (χ3n) is 5.18. The van der Waals surface area contributed by atoms with Crippen LogP contribution in [0.15, 0.2) is 48.5 Å². The fraction of sp³-hybridized carbons (Fsp3) is 0.391. The number of ether oxygens (including phenoxy) is 1. The lowest BCUT2D eigenvalue weighted by atomic mass is 10.2. The van der Waals surface area contributed by atoms with Gasteiger partial charge in [0.2, 0.25) is 11.8 Å². The number of methoxy groups -OCH3 is 1. The minimum absolute atomic E-state index is 0.0900. The zero-order chi connectivity index (χ0) is 21.5. The summed E-state index contributed by atoms with van der Waals surface area (Å²) in [4.78, 5) is 29.1. The highest BCUT2D eigenvalue weighted by atomic mass is 32.2. The average molecular weight is 428 g/mol. The first-order valence-electron chi connectivity index (χ1n) is 10.1. The van der Waals surface area contributed by atoms with Gasteiger partial charge in [-0.25, -0.2) is 0 Å². The maximum absolute atomic E-state index is 12.8. The largest absolute Gasteiger partial charge is 0.497 e. The molecule has 1 aliphatic heterocycles. The van der Waals surface area contributed by atoms with E-state index < -0.39 is 0 Å². The van der Waals surface area contributed by atoms with Crippen molar-refractivity contribution in [2.75, 3.05) is 49.3 Å². The van der Waals surface area contributed by atoms with Crippen molar-refractivity contribution in [3.8, 4) is 5.75 Å². The van der Waals surface area contributed by atoms with Gasteiger partial charge < -0.3 is 19.9 Å². The summed E-state index contributed by atoms with van der Waals surface area (Å²) in [5.74, 6) is 1.10. The van der Waals surface area contributed by atoms with E-state index >= 15 is 0 Å². The summed E-state index contributed by atoms with van der Waals surface area (Å²) in [6.45, 7) is 6.84. The molecule has 1 fully saturated rings. The van der Waals surface area contributed by atoms with Crippen molar-refractivity contribution in [3.63, 3.8) is 0 Å². The van der Waals surface area contributed by atoms with Crippen molar-refractivity contribution in [1.82, 2.24) is 4.90 Å². The molecule has 6 nitrogen and oxygen atoms in total. The Morgan fingerprint density at radius 1 is 1.03 bits per heavy atom. The lowest BCUT2D eigenvalue weighted by Gasteiger charge is -2.37.